The summed E-state index contributed by atoms with van der Waals surface area (Å²) in [6, 6.07) is 1.56. The van der Waals surface area contributed by atoms with Crippen molar-refractivity contribution < 1.29 is 31.8 Å². The van der Waals surface area contributed by atoms with Gasteiger partial charge in [-0.3, -0.25) is 9.50 Å². The number of imidazole rings is 1. The Morgan fingerprint density at radius 2 is 2.11 bits per heavy atom. The Bertz CT molecular complexity index is 1270. The predicted molar refractivity (Wildman–Crippen MR) is 118 cm³/mol. The Morgan fingerprint density at radius 1 is 1.33 bits per heavy atom. The number of carbonyl (C=O) groups excluding carboxylic acids is 1. The molecule has 2 aliphatic carbocycles. The molecule has 5 rings (SSSR count). The van der Waals surface area contributed by atoms with Gasteiger partial charge in [0.1, 0.15) is 17.8 Å². The van der Waals surface area contributed by atoms with Crippen LogP contribution in [0.2, 0.25) is 0 Å². The molecule has 194 valence electrons. The highest BCUT2D eigenvalue weighted by atomic mass is 19.4. The highest BCUT2D eigenvalue weighted by Crippen LogP contribution is 2.40. The van der Waals surface area contributed by atoms with E-state index in [9.17, 15) is 18.0 Å². The van der Waals surface area contributed by atoms with Crippen molar-refractivity contribution in [3.8, 4) is 0 Å². The summed E-state index contributed by atoms with van der Waals surface area (Å²) in [7, 11) is 1.41. The molecule has 2 saturated carbocycles. The molecular weight excluding hydrogens is 486 g/mol. The van der Waals surface area contributed by atoms with E-state index >= 15 is 4.39 Å². The second kappa shape index (κ2) is 8.91. The molecule has 3 aromatic rings. The molecule has 0 aliphatic heterocycles. The van der Waals surface area contributed by atoms with Gasteiger partial charge in [0.25, 0.3) is 0 Å². The Hall–Kier alpha value is -3.42. The van der Waals surface area contributed by atoms with E-state index in [2.05, 4.69) is 30.8 Å². The molecule has 0 unspecified atom stereocenters. The number of methoxy groups -OCH3 is 1. The Morgan fingerprint density at radius 3 is 2.81 bits per heavy atom. The van der Waals surface area contributed by atoms with Crippen LogP contribution in [0.25, 0.3) is 5.65 Å². The van der Waals surface area contributed by atoms with E-state index in [1.165, 1.54) is 17.7 Å². The van der Waals surface area contributed by atoms with Crippen molar-refractivity contribution in [1.29, 1.82) is 0 Å². The highest BCUT2D eigenvalue weighted by Gasteiger charge is 2.43. The van der Waals surface area contributed by atoms with Crippen molar-refractivity contribution in [3.05, 3.63) is 35.4 Å². The maximum absolute atomic E-state index is 15.1. The van der Waals surface area contributed by atoms with E-state index in [-0.39, 0.29) is 29.6 Å². The van der Waals surface area contributed by atoms with Gasteiger partial charge in [-0.15, -0.1) is 0 Å². The Labute approximate surface area is 202 Å². The van der Waals surface area contributed by atoms with Gasteiger partial charge in [0.2, 0.25) is 5.95 Å². The summed E-state index contributed by atoms with van der Waals surface area (Å²) in [6.07, 6.45) is -2.97. The summed E-state index contributed by atoms with van der Waals surface area (Å²) in [5, 5.41) is 12.5. The van der Waals surface area contributed by atoms with E-state index in [1.54, 1.807) is 6.07 Å². The van der Waals surface area contributed by atoms with Crippen molar-refractivity contribution in [3.63, 3.8) is 0 Å². The van der Waals surface area contributed by atoms with Gasteiger partial charge in [-0.05, 0) is 32.6 Å². The summed E-state index contributed by atoms with van der Waals surface area (Å²) in [4.78, 5) is 20.0. The molecule has 36 heavy (non-hydrogen) atoms. The number of nitrogens with zero attached hydrogens (tertiary/aromatic N) is 4. The number of aromatic amines is 1. The number of halogens is 4. The number of fused-ring (bicyclic) bond motifs is 1. The first-order chi connectivity index (χ1) is 17.1. The van der Waals surface area contributed by atoms with Gasteiger partial charge in [-0.1, -0.05) is 0 Å². The average molecular weight is 511 g/mol. The average Bonchev–Trinajstić information content (AvgIpc) is 3.14. The lowest BCUT2D eigenvalue weighted by atomic mass is 10.0. The number of H-pyrrole nitrogens is 1. The third-order valence-corrected chi connectivity index (χ3v) is 6.54. The second-order valence-corrected chi connectivity index (χ2v) is 9.44. The van der Waals surface area contributed by atoms with Crippen molar-refractivity contribution in [2.45, 2.75) is 69.1 Å². The van der Waals surface area contributed by atoms with Crippen LogP contribution >= 0.6 is 0 Å². The maximum Gasteiger partial charge on any atom is 0.421 e. The zero-order valence-electron chi connectivity index (χ0n) is 19.5. The van der Waals surface area contributed by atoms with Crippen LogP contribution < -0.4 is 10.6 Å². The molecule has 3 N–H and O–H groups in total. The lowest BCUT2D eigenvalue weighted by molar-refractivity contribution is -0.136. The fourth-order valence-corrected chi connectivity index (χ4v) is 4.34. The fraction of sp³-hybridized carbons (Fsp3) is 0.545. The fourth-order valence-electron chi connectivity index (χ4n) is 4.34. The number of rotatable bonds is 7. The van der Waals surface area contributed by atoms with Gasteiger partial charge in [-0.25, -0.2) is 19.2 Å². The summed E-state index contributed by atoms with van der Waals surface area (Å²) in [5.74, 6) is -0.304. The minimum Gasteiger partial charge on any atom is -0.443 e. The molecule has 2 aliphatic rings. The summed E-state index contributed by atoms with van der Waals surface area (Å²) < 4.78 is 66.9. The first-order valence-electron chi connectivity index (χ1n) is 11.4. The van der Waals surface area contributed by atoms with Gasteiger partial charge >= 0.3 is 12.3 Å². The van der Waals surface area contributed by atoms with Crippen LogP contribution in [0.4, 0.5) is 34.1 Å². The Balaban J connectivity index is 1.31. The minimum absolute atomic E-state index is 0.0189. The first kappa shape index (κ1) is 24.3. The van der Waals surface area contributed by atoms with Crippen LogP contribution in [0, 0.1) is 0 Å². The molecule has 3 atom stereocenters. The first-order valence-corrected chi connectivity index (χ1v) is 11.4. The SMILES string of the molecule is COCc1cn2c(Nc3cc([C@H]4CC[C@@H](OC(=O)NC5(C)CC5)[C@@H]4F)[nH]n3)ncc(C(F)(F)F)c2n1. The molecule has 14 heteroatoms. The Kier molecular flexibility index (Phi) is 6.01. The van der Waals surface area contributed by atoms with Gasteiger partial charge in [0, 0.05) is 42.7 Å². The van der Waals surface area contributed by atoms with Crippen LogP contribution in [0.5, 0.6) is 0 Å². The topological polar surface area (TPSA) is 118 Å². The molecule has 3 heterocycles. The van der Waals surface area contributed by atoms with Gasteiger partial charge < -0.3 is 20.1 Å². The zero-order chi connectivity index (χ0) is 25.7. The second-order valence-electron chi connectivity index (χ2n) is 9.44. The lowest BCUT2D eigenvalue weighted by Gasteiger charge is -2.19. The van der Waals surface area contributed by atoms with Crippen LogP contribution in [0.15, 0.2) is 18.5 Å². The van der Waals surface area contributed by atoms with E-state index in [0.717, 1.165) is 12.8 Å². The molecule has 3 aromatic heterocycles. The smallest absolute Gasteiger partial charge is 0.421 e. The summed E-state index contributed by atoms with van der Waals surface area (Å²) in [6.45, 7) is 1.92. The van der Waals surface area contributed by atoms with Crippen molar-refractivity contribution >= 4 is 23.5 Å². The van der Waals surface area contributed by atoms with Crippen molar-refractivity contribution in [2.24, 2.45) is 0 Å². The van der Waals surface area contributed by atoms with Crippen molar-refractivity contribution in [1.82, 2.24) is 29.9 Å². The number of alkyl carbamates (subject to hydrolysis) is 1. The molecule has 0 aromatic carbocycles. The quantitative estimate of drug-likeness (QED) is 0.407. The molecule has 0 saturated heterocycles. The third kappa shape index (κ3) is 4.81. The number of carbonyl (C=O) groups is 1. The van der Waals surface area contributed by atoms with E-state index in [1.807, 2.05) is 6.92 Å². The number of alkyl halides is 4. The molecule has 0 radical (unpaired) electrons. The molecule has 2 fully saturated rings. The number of amides is 1. The molecule has 1 amide bonds. The summed E-state index contributed by atoms with van der Waals surface area (Å²) >= 11 is 0. The number of aromatic nitrogens is 5. The number of hydrogen-bond acceptors (Lipinski definition) is 7. The van der Waals surface area contributed by atoms with E-state index in [0.29, 0.717) is 30.4 Å². The highest BCUT2D eigenvalue weighted by molar-refractivity contribution is 5.69. The van der Waals surface area contributed by atoms with Crippen molar-refractivity contribution in [2.75, 3.05) is 12.4 Å². The standard InChI is InChI=1S/C22H25F4N7O3/c1-21(5-6-21)30-20(34)36-15-4-3-12(17(15)23)14-7-16(32-31-14)29-19-27-8-13(22(24,25)26)18-28-11(10-35-2)9-33(18)19/h7-9,12,15,17H,3-6,10H2,1-2H3,(H,30,34)(H2,27,29,31,32)/t12-,15-,17-/m1/s1. The van der Waals surface area contributed by atoms with Crippen LogP contribution in [0.1, 0.15) is 55.5 Å². The molecular formula is C22H25F4N7O3. The lowest BCUT2D eigenvalue weighted by Crippen LogP contribution is -2.38. The van der Waals surface area contributed by atoms with Gasteiger partial charge in [0.05, 0.1) is 12.3 Å². The van der Waals surface area contributed by atoms with Crippen LogP contribution in [-0.4, -0.2) is 55.6 Å². The number of ether oxygens (including phenoxy) is 2. The van der Waals surface area contributed by atoms with Crippen LogP contribution in [0.3, 0.4) is 0 Å². The third-order valence-electron chi connectivity index (χ3n) is 6.54. The number of anilines is 2. The molecule has 0 bridgehead atoms. The summed E-state index contributed by atoms with van der Waals surface area (Å²) in [5.41, 5.74) is -0.823. The molecule has 0 spiro atoms. The maximum atomic E-state index is 15.1. The zero-order valence-corrected chi connectivity index (χ0v) is 19.5. The monoisotopic (exact) mass is 511 g/mol. The minimum atomic E-state index is -4.65. The normalized spacial score (nSPS) is 23.1. The van der Waals surface area contributed by atoms with E-state index < -0.39 is 36.0 Å². The predicted octanol–water partition coefficient (Wildman–Crippen LogP) is 4.22. The number of hydrogen-bond donors (Lipinski definition) is 3. The largest absolute Gasteiger partial charge is 0.443 e. The van der Waals surface area contributed by atoms with Crippen LogP contribution in [-0.2, 0) is 22.3 Å². The number of nitrogens with one attached hydrogen (secondary N) is 3. The molecule has 10 nitrogen and oxygen atoms in total. The van der Waals surface area contributed by atoms with Gasteiger partial charge in [-0.2, -0.15) is 18.3 Å². The van der Waals surface area contributed by atoms with E-state index in [4.69, 9.17) is 9.47 Å². The van der Waals surface area contributed by atoms with Gasteiger partial charge in [0.15, 0.2) is 11.5 Å².